The first-order valence-corrected chi connectivity index (χ1v) is 9.13. The Balaban J connectivity index is 1.56. The molecule has 0 unspecified atom stereocenters. The summed E-state index contributed by atoms with van der Waals surface area (Å²) in [6.45, 7) is 0.341. The molecule has 136 valence electrons. The Kier molecular flexibility index (Phi) is 6.12. The fourth-order valence-corrected chi connectivity index (χ4v) is 2.97. The Hall–Kier alpha value is -3.25. The van der Waals surface area contributed by atoms with Crippen molar-refractivity contribution in [2.24, 2.45) is 0 Å². The van der Waals surface area contributed by atoms with Crippen molar-refractivity contribution in [2.75, 3.05) is 5.32 Å². The number of rotatable bonds is 6. The van der Waals surface area contributed by atoms with E-state index in [1.807, 2.05) is 23.6 Å². The number of hydrogen-bond acceptors (Lipinski definition) is 3. The summed E-state index contributed by atoms with van der Waals surface area (Å²) < 4.78 is 12.9. The van der Waals surface area contributed by atoms with Gasteiger partial charge < -0.3 is 10.6 Å². The maximum atomic E-state index is 12.9. The van der Waals surface area contributed by atoms with Crippen molar-refractivity contribution < 1.29 is 14.0 Å². The molecule has 0 atom stereocenters. The van der Waals surface area contributed by atoms with Crippen LogP contribution in [0.4, 0.5) is 10.1 Å². The van der Waals surface area contributed by atoms with Gasteiger partial charge in [-0.15, -0.1) is 11.3 Å². The van der Waals surface area contributed by atoms with Crippen LogP contribution < -0.4 is 10.6 Å². The summed E-state index contributed by atoms with van der Waals surface area (Å²) in [4.78, 5) is 25.1. The van der Waals surface area contributed by atoms with Crippen LogP contribution in [-0.4, -0.2) is 11.8 Å². The largest absolute Gasteiger partial charge is 0.348 e. The molecule has 0 saturated carbocycles. The lowest BCUT2D eigenvalue weighted by Crippen LogP contribution is -2.20. The van der Waals surface area contributed by atoms with Gasteiger partial charge in [-0.1, -0.05) is 18.2 Å². The van der Waals surface area contributed by atoms with Gasteiger partial charge in [0.05, 0.1) is 0 Å². The summed E-state index contributed by atoms with van der Waals surface area (Å²) in [6.07, 6.45) is 3.26. The summed E-state index contributed by atoms with van der Waals surface area (Å²) in [5, 5.41) is 7.51. The van der Waals surface area contributed by atoms with Gasteiger partial charge in [-0.3, -0.25) is 9.59 Å². The second-order valence-corrected chi connectivity index (χ2v) is 6.71. The zero-order valence-electron chi connectivity index (χ0n) is 14.3. The normalized spacial score (nSPS) is 10.7. The molecule has 0 aliphatic carbocycles. The van der Waals surface area contributed by atoms with E-state index in [-0.39, 0.29) is 11.8 Å². The third-order valence-electron chi connectivity index (χ3n) is 3.70. The van der Waals surface area contributed by atoms with Crippen molar-refractivity contribution in [2.45, 2.75) is 6.54 Å². The molecule has 0 fully saturated rings. The second-order valence-electron chi connectivity index (χ2n) is 5.73. The molecule has 3 rings (SSSR count). The fourth-order valence-electron chi connectivity index (χ4n) is 2.36. The Labute approximate surface area is 160 Å². The first-order valence-electron chi connectivity index (χ1n) is 8.25. The molecule has 0 saturated heterocycles. The lowest BCUT2D eigenvalue weighted by Gasteiger charge is -2.08. The van der Waals surface area contributed by atoms with Gasteiger partial charge in [0.1, 0.15) is 5.82 Å². The molecular formula is C21H17FN2O2S. The van der Waals surface area contributed by atoms with E-state index < -0.39 is 5.82 Å². The molecule has 0 aliphatic rings. The van der Waals surface area contributed by atoms with Crippen molar-refractivity contribution in [3.05, 3.63) is 93.9 Å². The SMILES string of the molecule is O=C(/C=C/c1cccs1)NCc1cccc(NC(=O)c2ccc(F)cc2)c1. The van der Waals surface area contributed by atoms with Crippen LogP contribution in [0, 0.1) is 5.82 Å². The average Bonchev–Trinajstić information content (AvgIpc) is 3.19. The molecule has 2 N–H and O–H groups in total. The summed E-state index contributed by atoms with van der Waals surface area (Å²) in [7, 11) is 0. The van der Waals surface area contributed by atoms with Gasteiger partial charge in [-0.25, -0.2) is 4.39 Å². The van der Waals surface area contributed by atoms with Gasteiger partial charge in [0.15, 0.2) is 0 Å². The summed E-state index contributed by atoms with van der Waals surface area (Å²) >= 11 is 1.56. The molecule has 2 amide bonds. The van der Waals surface area contributed by atoms with Gasteiger partial charge in [-0.2, -0.15) is 0 Å². The zero-order valence-corrected chi connectivity index (χ0v) is 15.1. The Morgan fingerprint density at radius 1 is 1.04 bits per heavy atom. The van der Waals surface area contributed by atoms with Gasteiger partial charge in [0.25, 0.3) is 5.91 Å². The number of nitrogens with one attached hydrogen (secondary N) is 2. The predicted octanol–water partition coefficient (Wildman–Crippen LogP) is 4.47. The number of anilines is 1. The number of amides is 2. The highest BCUT2D eigenvalue weighted by Gasteiger charge is 2.07. The van der Waals surface area contributed by atoms with E-state index in [0.717, 1.165) is 10.4 Å². The molecule has 4 nitrogen and oxygen atoms in total. The smallest absolute Gasteiger partial charge is 0.255 e. The van der Waals surface area contributed by atoms with E-state index in [1.54, 1.807) is 35.6 Å². The van der Waals surface area contributed by atoms with Crippen LogP contribution in [0.2, 0.25) is 0 Å². The third-order valence-corrected chi connectivity index (χ3v) is 4.54. The van der Waals surface area contributed by atoms with Gasteiger partial charge in [0, 0.05) is 28.7 Å². The van der Waals surface area contributed by atoms with Gasteiger partial charge in [-0.05, 0) is 59.5 Å². The van der Waals surface area contributed by atoms with Crippen LogP contribution in [-0.2, 0) is 11.3 Å². The molecule has 3 aromatic rings. The second kappa shape index (κ2) is 8.91. The standard InChI is InChI=1S/C21H17FN2O2S/c22-17-8-6-16(7-9-17)21(26)24-18-4-1-3-15(13-18)14-23-20(25)11-10-19-5-2-12-27-19/h1-13H,14H2,(H,23,25)(H,24,26)/b11-10+. The molecule has 0 aliphatic heterocycles. The number of hydrogen-bond donors (Lipinski definition) is 2. The summed E-state index contributed by atoms with van der Waals surface area (Å²) in [5.41, 5.74) is 1.82. The molecule has 0 radical (unpaired) electrons. The van der Waals surface area contributed by atoms with Crippen LogP contribution >= 0.6 is 11.3 Å². The van der Waals surface area contributed by atoms with E-state index in [1.165, 1.54) is 30.3 Å². The van der Waals surface area contributed by atoms with Crippen LogP contribution in [0.5, 0.6) is 0 Å². The fraction of sp³-hybridized carbons (Fsp3) is 0.0476. The van der Waals surface area contributed by atoms with E-state index >= 15 is 0 Å². The molecule has 0 bridgehead atoms. The molecule has 6 heteroatoms. The summed E-state index contributed by atoms with van der Waals surface area (Å²) in [6, 6.07) is 16.4. The highest BCUT2D eigenvalue weighted by Crippen LogP contribution is 2.13. The first-order chi connectivity index (χ1) is 13.1. The molecule has 27 heavy (non-hydrogen) atoms. The Bertz CT molecular complexity index is 951. The van der Waals surface area contributed by atoms with E-state index in [2.05, 4.69) is 10.6 Å². The minimum Gasteiger partial charge on any atom is -0.348 e. The van der Waals surface area contributed by atoms with Crippen molar-refractivity contribution in [1.82, 2.24) is 5.32 Å². The number of carbonyl (C=O) groups is 2. The average molecular weight is 380 g/mol. The van der Waals surface area contributed by atoms with Crippen molar-refractivity contribution >= 4 is 34.9 Å². The monoisotopic (exact) mass is 380 g/mol. The number of halogens is 1. The lowest BCUT2D eigenvalue weighted by atomic mass is 10.1. The maximum absolute atomic E-state index is 12.9. The van der Waals surface area contributed by atoms with Gasteiger partial charge >= 0.3 is 0 Å². The van der Waals surface area contributed by atoms with Crippen molar-refractivity contribution in [3.63, 3.8) is 0 Å². The van der Waals surface area contributed by atoms with E-state index in [0.29, 0.717) is 17.8 Å². The highest BCUT2D eigenvalue weighted by atomic mass is 32.1. The predicted molar refractivity (Wildman–Crippen MR) is 106 cm³/mol. The molecule has 1 heterocycles. The molecular weight excluding hydrogens is 363 g/mol. The Morgan fingerprint density at radius 3 is 2.59 bits per heavy atom. The quantitative estimate of drug-likeness (QED) is 0.620. The molecule has 1 aromatic heterocycles. The van der Waals surface area contributed by atoms with Gasteiger partial charge in [0.2, 0.25) is 5.91 Å². The first kappa shape index (κ1) is 18.5. The van der Waals surface area contributed by atoms with Crippen LogP contribution in [0.3, 0.4) is 0 Å². The van der Waals surface area contributed by atoms with Crippen LogP contribution in [0.15, 0.2) is 72.1 Å². The van der Waals surface area contributed by atoms with Crippen molar-refractivity contribution in [1.29, 1.82) is 0 Å². The number of benzene rings is 2. The maximum Gasteiger partial charge on any atom is 0.255 e. The molecule has 0 spiro atoms. The Morgan fingerprint density at radius 2 is 1.85 bits per heavy atom. The molecule has 2 aromatic carbocycles. The van der Waals surface area contributed by atoms with Crippen LogP contribution in [0.25, 0.3) is 6.08 Å². The highest BCUT2D eigenvalue weighted by molar-refractivity contribution is 7.10. The number of carbonyl (C=O) groups excluding carboxylic acids is 2. The van der Waals surface area contributed by atoms with E-state index in [9.17, 15) is 14.0 Å². The van der Waals surface area contributed by atoms with E-state index in [4.69, 9.17) is 0 Å². The summed E-state index contributed by atoms with van der Waals surface area (Å²) in [5.74, 6) is -0.906. The van der Waals surface area contributed by atoms with Crippen LogP contribution in [0.1, 0.15) is 20.8 Å². The minimum absolute atomic E-state index is 0.191. The minimum atomic E-state index is -0.391. The number of thiophene rings is 1. The topological polar surface area (TPSA) is 58.2 Å². The zero-order chi connectivity index (χ0) is 19.1. The third kappa shape index (κ3) is 5.62. The lowest BCUT2D eigenvalue weighted by molar-refractivity contribution is -0.116. The van der Waals surface area contributed by atoms with Crippen molar-refractivity contribution in [3.8, 4) is 0 Å².